The molecule has 0 saturated heterocycles. The summed E-state index contributed by atoms with van der Waals surface area (Å²) < 4.78 is 5.39. The van der Waals surface area contributed by atoms with Crippen molar-refractivity contribution in [1.82, 2.24) is 0 Å². The molecule has 0 saturated carbocycles. The summed E-state index contributed by atoms with van der Waals surface area (Å²) in [6, 6.07) is 15.1. The van der Waals surface area contributed by atoms with Crippen molar-refractivity contribution in [2.45, 2.75) is 32.8 Å². The molecule has 2 aromatic carbocycles. The van der Waals surface area contributed by atoms with E-state index < -0.39 is 12.1 Å². The fourth-order valence-corrected chi connectivity index (χ4v) is 3.03. The van der Waals surface area contributed by atoms with E-state index >= 15 is 0 Å². The molecule has 24 heavy (non-hydrogen) atoms. The summed E-state index contributed by atoms with van der Waals surface area (Å²) in [5, 5.41) is 0. The third-order valence-electron chi connectivity index (χ3n) is 4.26. The molecule has 1 heterocycles. The number of esters is 1. The van der Waals surface area contributed by atoms with Crippen LogP contribution < -0.4 is 4.90 Å². The molecule has 0 aliphatic carbocycles. The van der Waals surface area contributed by atoms with Crippen LogP contribution in [-0.4, -0.2) is 24.5 Å². The van der Waals surface area contributed by atoms with E-state index in [1.165, 1.54) is 0 Å². The number of nitrogens with zero attached hydrogens (tertiary/aromatic N) is 1. The molecular formula is C20H21NO3. The Labute approximate surface area is 142 Å². The van der Waals surface area contributed by atoms with Crippen LogP contribution in [0.4, 0.5) is 5.69 Å². The van der Waals surface area contributed by atoms with Gasteiger partial charge in [0.05, 0.1) is 5.56 Å². The molecule has 0 fully saturated rings. The highest BCUT2D eigenvalue weighted by atomic mass is 16.5. The molecule has 4 heteroatoms. The number of carbonyl (C=O) groups is 2. The Bertz CT molecular complexity index is 769. The molecule has 0 N–H and O–H groups in total. The van der Waals surface area contributed by atoms with Crippen molar-refractivity contribution in [2.75, 3.05) is 11.4 Å². The van der Waals surface area contributed by atoms with Gasteiger partial charge in [-0.05, 0) is 50.5 Å². The van der Waals surface area contributed by atoms with Crippen LogP contribution in [0, 0.1) is 6.92 Å². The Morgan fingerprint density at radius 2 is 1.92 bits per heavy atom. The summed E-state index contributed by atoms with van der Waals surface area (Å²) in [5.41, 5.74) is 3.53. The van der Waals surface area contributed by atoms with Crippen molar-refractivity contribution >= 4 is 17.6 Å². The quantitative estimate of drug-likeness (QED) is 0.812. The first-order chi connectivity index (χ1) is 11.6. The zero-order valence-electron chi connectivity index (χ0n) is 14.0. The first kappa shape index (κ1) is 16.2. The molecule has 2 aromatic rings. The van der Waals surface area contributed by atoms with Crippen LogP contribution >= 0.6 is 0 Å². The average molecular weight is 323 g/mol. The van der Waals surface area contributed by atoms with Crippen molar-refractivity contribution in [1.29, 1.82) is 0 Å². The zero-order valence-corrected chi connectivity index (χ0v) is 14.0. The number of anilines is 1. The minimum absolute atomic E-state index is 0.178. The molecule has 4 nitrogen and oxygen atoms in total. The van der Waals surface area contributed by atoms with Crippen LogP contribution in [-0.2, 0) is 16.0 Å². The van der Waals surface area contributed by atoms with E-state index in [-0.39, 0.29) is 5.91 Å². The summed E-state index contributed by atoms with van der Waals surface area (Å²) in [6.07, 6.45) is 1.07. The first-order valence-electron chi connectivity index (χ1n) is 8.23. The number of amides is 1. The second-order valence-electron chi connectivity index (χ2n) is 6.14. The van der Waals surface area contributed by atoms with Gasteiger partial charge < -0.3 is 9.64 Å². The smallest absolute Gasteiger partial charge is 0.338 e. The minimum atomic E-state index is -0.816. The van der Waals surface area contributed by atoms with Crippen molar-refractivity contribution in [3.63, 3.8) is 0 Å². The molecule has 0 bridgehead atoms. The predicted octanol–water partition coefficient (Wildman–Crippen LogP) is 3.52. The normalized spacial score (nSPS) is 14.7. The standard InChI is InChI=1S/C20H21NO3/c1-14-7-5-9-17(13-14)20(23)24-15(2)19(22)21-12-6-10-16-8-3-4-11-18(16)21/h3-5,7-9,11,13,15H,6,10,12H2,1-2H3. The molecule has 1 amide bonds. The highest BCUT2D eigenvalue weighted by Gasteiger charge is 2.28. The van der Waals surface area contributed by atoms with Crippen molar-refractivity contribution < 1.29 is 14.3 Å². The number of rotatable bonds is 3. The first-order valence-corrected chi connectivity index (χ1v) is 8.23. The molecule has 0 spiro atoms. The number of hydrogen-bond donors (Lipinski definition) is 0. The molecule has 1 unspecified atom stereocenters. The van der Waals surface area contributed by atoms with Gasteiger partial charge in [-0.2, -0.15) is 0 Å². The Kier molecular flexibility index (Phi) is 4.65. The lowest BCUT2D eigenvalue weighted by Crippen LogP contribution is -2.42. The number of fused-ring (bicyclic) bond motifs is 1. The molecule has 1 aliphatic heterocycles. The molecule has 3 rings (SSSR count). The van der Waals surface area contributed by atoms with Crippen molar-refractivity contribution in [2.24, 2.45) is 0 Å². The van der Waals surface area contributed by atoms with Gasteiger partial charge in [0, 0.05) is 12.2 Å². The molecule has 1 atom stereocenters. The second-order valence-corrected chi connectivity index (χ2v) is 6.14. The van der Waals surface area contributed by atoms with Gasteiger partial charge >= 0.3 is 5.97 Å². The molecule has 0 radical (unpaired) electrons. The van der Waals surface area contributed by atoms with E-state index in [1.807, 2.05) is 37.3 Å². The maximum absolute atomic E-state index is 12.7. The number of carbonyl (C=O) groups excluding carboxylic acids is 2. The highest BCUT2D eigenvalue weighted by molar-refractivity contribution is 5.99. The van der Waals surface area contributed by atoms with E-state index in [0.717, 1.165) is 29.7 Å². The molecule has 124 valence electrons. The lowest BCUT2D eigenvalue weighted by molar-refractivity contribution is -0.126. The molecule has 0 aromatic heterocycles. The zero-order chi connectivity index (χ0) is 17.1. The summed E-state index contributed by atoms with van der Waals surface area (Å²) >= 11 is 0. The van der Waals surface area contributed by atoms with Crippen molar-refractivity contribution in [3.05, 3.63) is 65.2 Å². The van der Waals surface area contributed by atoms with Crippen molar-refractivity contribution in [3.8, 4) is 0 Å². The average Bonchev–Trinajstić information content (AvgIpc) is 2.60. The lowest BCUT2D eigenvalue weighted by Gasteiger charge is -2.31. The maximum atomic E-state index is 12.7. The third kappa shape index (κ3) is 3.32. The largest absolute Gasteiger partial charge is 0.449 e. The van der Waals surface area contributed by atoms with E-state index in [1.54, 1.807) is 30.0 Å². The van der Waals surface area contributed by atoms with Gasteiger partial charge in [-0.3, -0.25) is 4.79 Å². The van der Waals surface area contributed by atoms with Gasteiger partial charge in [-0.15, -0.1) is 0 Å². The van der Waals surface area contributed by atoms with E-state index in [9.17, 15) is 9.59 Å². The second kappa shape index (κ2) is 6.87. The summed E-state index contributed by atoms with van der Waals surface area (Å²) in [7, 11) is 0. The van der Waals surface area contributed by atoms with E-state index in [4.69, 9.17) is 4.74 Å². The fourth-order valence-electron chi connectivity index (χ4n) is 3.03. The van der Waals surface area contributed by atoms with Crippen LogP contribution in [0.25, 0.3) is 0 Å². The highest BCUT2D eigenvalue weighted by Crippen LogP contribution is 2.27. The van der Waals surface area contributed by atoms with E-state index in [2.05, 4.69) is 0 Å². The molecule has 1 aliphatic rings. The summed E-state index contributed by atoms with van der Waals surface area (Å²) in [4.78, 5) is 26.7. The summed E-state index contributed by atoms with van der Waals surface area (Å²) in [5.74, 6) is -0.645. The van der Waals surface area contributed by atoms with Gasteiger partial charge in [0.25, 0.3) is 5.91 Å². The number of hydrogen-bond acceptors (Lipinski definition) is 3. The van der Waals surface area contributed by atoms with Gasteiger partial charge in [-0.1, -0.05) is 35.9 Å². The van der Waals surface area contributed by atoms with Gasteiger partial charge in [0.2, 0.25) is 0 Å². The third-order valence-corrected chi connectivity index (χ3v) is 4.26. The predicted molar refractivity (Wildman–Crippen MR) is 93.2 cm³/mol. The number of para-hydroxylation sites is 1. The molecular weight excluding hydrogens is 302 g/mol. The monoisotopic (exact) mass is 323 g/mol. The van der Waals surface area contributed by atoms with Crippen LogP contribution in [0.1, 0.15) is 34.8 Å². The Morgan fingerprint density at radius 1 is 1.12 bits per heavy atom. The van der Waals surface area contributed by atoms with Crippen LogP contribution in [0.3, 0.4) is 0 Å². The van der Waals surface area contributed by atoms with Gasteiger partial charge in [-0.25, -0.2) is 4.79 Å². The minimum Gasteiger partial charge on any atom is -0.449 e. The van der Waals surface area contributed by atoms with Gasteiger partial charge in [0.15, 0.2) is 6.10 Å². The number of aryl methyl sites for hydroxylation is 2. The van der Waals surface area contributed by atoms with Crippen LogP contribution in [0.5, 0.6) is 0 Å². The topological polar surface area (TPSA) is 46.6 Å². The van der Waals surface area contributed by atoms with Crippen LogP contribution in [0.15, 0.2) is 48.5 Å². The Hall–Kier alpha value is -2.62. The fraction of sp³-hybridized carbons (Fsp3) is 0.300. The van der Waals surface area contributed by atoms with Gasteiger partial charge in [0.1, 0.15) is 0 Å². The SMILES string of the molecule is Cc1cccc(C(=O)OC(C)C(=O)N2CCCc3ccccc32)c1. The Balaban J connectivity index is 1.73. The number of ether oxygens (including phenoxy) is 1. The number of benzene rings is 2. The summed E-state index contributed by atoms with van der Waals surface area (Å²) in [6.45, 7) is 4.20. The Morgan fingerprint density at radius 3 is 2.71 bits per heavy atom. The van der Waals surface area contributed by atoms with E-state index in [0.29, 0.717) is 12.1 Å². The maximum Gasteiger partial charge on any atom is 0.338 e. The van der Waals surface area contributed by atoms with Crippen LogP contribution in [0.2, 0.25) is 0 Å². The lowest BCUT2D eigenvalue weighted by atomic mass is 10.0.